The predicted molar refractivity (Wildman–Crippen MR) is 159 cm³/mol. The maximum absolute atomic E-state index is 12.5. The molecule has 0 aliphatic carbocycles. The van der Waals surface area contributed by atoms with Crippen LogP contribution in [0.1, 0.15) is 56.2 Å². The van der Waals surface area contributed by atoms with E-state index in [1.807, 2.05) is 37.1 Å². The van der Waals surface area contributed by atoms with Crippen LogP contribution < -0.4 is 21.3 Å². The maximum Gasteiger partial charge on any atom is 0.234 e. The van der Waals surface area contributed by atoms with E-state index in [0.29, 0.717) is 24.3 Å². The molecule has 4 aliphatic rings. The SMILES string of the molecule is CC1C=NC(Nc2ccc(C3CCN(C(=O)C4CNC4)CC3)cc2)=NC1NCc1cccc2c1C(C)(C)C(=O)N2. The Bertz CT molecular complexity index is 1340. The summed E-state index contributed by atoms with van der Waals surface area (Å²) < 4.78 is 0. The van der Waals surface area contributed by atoms with Crippen LogP contribution in [0.2, 0.25) is 0 Å². The van der Waals surface area contributed by atoms with Crippen LogP contribution in [0.15, 0.2) is 52.4 Å². The van der Waals surface area contributed by atoms with Gasteiger partial charge in [-0.2, -0.15) is 0 Å². The second-order valence-electron chi connectivity index (χ2n) is 12.0. The molecule has 0 bridgehead atoms. The molecule has 0 saturated carbocycles. The summed E-state index contributed by atoms with van der Waals surface area (Å²) in [5.41, 5.74) is 4.76. The molecule has 4 N–H and O–H groups in total. The van der Waals surface area contributed by atoms with E-state index in [0.717, 1.165) is 61.5 Å². The van der Waals surface area contributed by atoms with E-state index in [1.165, 1.54) is 5.56 Å². The van der Waals surface area contributed by atoms with Gasteiger partial charge in [0.15, 0.2) is 0 Å². The zero-order valence-corrected chi connectivity index (χ0v) is 23.5. The number of carbonyl (C=O) groups excluding carboxylic acids is 2. The Morgan fingerprint density at radius 3 is 2.55 bits per heavy atom. The molecule has 2 aromatic rings. The summed E-state index contributed by atoms with van der Waals surface area (Å²) in [4.78, 5) is 36.4. The molecule has 2 fully saturated rings. The number of benzene rings is 2. The Balaban J connectivity index is 1.05. The first-order valence-electron chi connectivity index (χ1n) is 14.5. The zero-order valence-electron chi connectivity index (χ0n) is 23.5. The second-order valence-corrected chi connectivity index (χ2v) is 12.0. The van der Waals surface area contributed by atoms with Gasteiger partial charge in [-0.25, -0.2) is 9.98 Å². The van der Waals surface area contributed by atoms with Gasteiger partial charge < -0.3 is 20.9 Å². The van der Waals surface area contributed by atoms with Crippen molar-refractivity contribution in [1.29, 1.82) is 0 Å². The third-order valence-electron chi connectivity index (χ3n) is 8.86. The molecular formula is C31H39N7O2. The molecule has 2 atom stereocenters. The third kappa shape index (κ3) is 5.15. The standard InChI is InChI=1S/C31H39N7O2/c1-19-15-34-30(37-27(19)33-18-22-5-4-6-25-26(22)31(2,3)29(40)36-25)35-24-9-7-20(8-10-24)21-11-13-38(14-12-21)28(39)23-16-32-17-23/h4-10,15,19,21,23,27,32-33H,11-14,16-18H2,1-3H3,(H,35,37)(H,36,40). The summed E-state index contributed by atoms with van der Waals surface area (Å²) in [6.07, 6.45) is 3.81. The van der Waals surface area contributed by atoms with Gasteiger partial charge in [0.05, 0.1) is 11.3 Å². The van der Waals surface area contributed by atoms with Crippen molar-refractivity contribution in [2.24, 2.45) is 21.8 Å². The minimum atomic E-state index is -0.558. The summed E-state index contributed by atoms with van der Waals surface area (Å²) in [6, 6.07) is 14.6. The molecule has 2 saturated heterocycles. The number of hydrogen-bond acceptors (Lipinski definition) is 7. The van der Waals surface area contributed by atoms with Gasteiger partial charge in [-0.1, -0.05) is 31.2 Å². The van der Waals surface area contributed by atoms with E-state index >= 15 is 0 Å². The quantitative estimate of drug-likeness (QED) is 0.448. The van der Waals surface area contributed by atoms with Gasteiger partial charge in [0.1, 0.15) is 6.17 Å². The Morgan fingerprint density at radius 2 is 1.85 bits per heavy atom. The molecule has 6 rings (SSSR count). The van der Waals surface area contributed by atoms with Gasteiger partial charge in [-0.15, -0.1) is 0 Å². The lowest BCUT2D eigenvalue weighted by molar-refractivity contribution is -0.138. The number of piperidine rings is 1. The van der Waals surface area contributed by atoms with Crippen LogP contribution in [0.3, 0.4) is 0 Å². The lowest BCUT2D eigenvalue weighted by atomic mass is 9.83. The van der Waals surface area contributed by atoms with Crippen molar-refractivity contribution < 1.29 is 9.59 Å². The zero-order chi connectivity index (χ0) is 27.9. The molecule has 0 radical (unpaired) electrons. The Labute approximate surface area is 235 Å². The number of fused-ring (bicyclic) bond motifs is 1. The van der Waals surface area contributed by atoms with E-state index in [2.05, 4.69) is 63.5 Å². The number of rotatable bonds is 6. The van der Waals surface area contributed by atoms with Crippen molar-refractivity contribution in [3.63, 3.8) is 0 Å². The highest BCUT2D eigenvalue weighted by atomic mass is 16.2. The van der Waals surface area contributed by atoms with Crippen LogP contribution >= 0.6 is 0 Å². The van der Waals surface area contributed by atoms with Gasteiger partial charge in [0.25, 0.3) is 0 Å². The van der Waals surface area contributed by atoms with Crippen LogP contribution in [0.4, 0.5) is 11.4 Å². The number of likely N-dealkylation sites (tertiary alicyclic amines) is 1. The minimum absolute atomic E-state index is 0.0333. The minimum Gasteiger partial charge on any atom is -0.342 e. The van der Waals surface area contributed by atoms with Crippen LogP contribution in [-0.2, 0) is 21.5 Å². The van der Waals surface area contributed by atoms with E-state index in [9.17, 15) is 9.59 Å². The van der Waals surface area contributed by atoms with Crippen LogP contribution in [0, 0.1) is 11.8 Å². The van der Waals surface area contributed by atoms with E-state index < -0.39 is 5.41 Å². The fourth-order valence-corrected chi connectivity index (χ4v) is 6.17. The van der Waals surface area contributed by atoms with Crippen molar-refractivity contribution in [3.8, 4) is 0 Å². The molecule has 2 unspecified atom stereocenters. The third-order valence-corrected chi connectivity index (χ3v) is 8.86. The van der Waals surface area contributed by atoms with E-state index in [1.54, 1.807) is 0 Å². The van der Waals surface area contributed by atoms with Crippen molar-refractivity contribution in [2.45, 2.75) is 57.7 Å². The Kier molecular flexibility index (Phi) is 7.18. The lowest BCUT2D eigenvalue weighted by Gasteiger charge is -2.37. The fourth-order valence-electron chi connectivity index (χ4n) is 6.17. The average Bonchev–Trinajstić information content (AvgIpc) is 3.16. The number of carbonyl (C=O) groups is 2. The number of hydrogen-bond donors (Lipinski definition) is 4. The summed E-state index contributed by atoms with van der Waals surface area (Å²) in [5.74, 6) is 1.72. The van der Waals surface area contributed by atoms with Gasteiger partial charge in [-0.05, 0) is 67.5 Å². The van der Waals surface area contributed by atoms with Crippen LogP contribution in [-0.4, -0.2) is 61.2 Å². The molecule has 2 amide bonds. The summed E-state index contributed by atoms with van der Waals surface area (Å²) in [6.45, 7) is 9.98. The number of nitrogens with one attached hydrogen (secondary N) is 4. The molecule has 9 nitrogen and oxygen atoms in total. The van der Waals surface area contributed by atoms with Gasteiger partial charge in [0.2, 0.25) is 17.8 Å². The van der Waals surface area contributed by atoms with Crippen molar-refractivity contribution in [2.75, 3.05) is 36.8 Å². The molecule has 4 heterocycles. The summed E-state index contributed by atoms with van der Waals surface area (Å²) >= 11 is 0. The second kappa shape index (κ2) is 10.8. The monoisotopic (exact) mass is 541 g/mol. The fraction of sp³-hybridized carbons (Fsp3) is 0.484. The first kappa shape index (κ1) is 26.7. The first-order chi connectivity index (χ1) is 19.3. The van der Waals surface area contributed by atoms with E-state index in [-0.39, 0.29) is 23.9 Å². The first-order valence-corrected chi connectivity index (χ1v) is 14.5. The highest BCUT2D eigenvalue weighted by Gasteiger charge is 2.40. The molecule has 9 heteroatoms. The topological polar surface area (TPSA) is 110 Å². The highest BCUT2D eigenvalue weighted by molar-refractivity contribution is 6.06. The molecular weight excluding hydrogens is 502 g/mol. The highest BCUT2D eigenvalue weighted by Crippen LogP contribution is 2.39. The molecule has 0 aromatic heterocycles. The number of amides is 2. The molecule has 40 heavy (non-hydrogen) atoms. The predicted octanol–water partition coefficient (Wildman–Crippen LogP) is 3.45. The summed E-state index contributed by atoms with van der Waals surface area (Å²) in [7, 11) is 0. The Hall–Kier alpha value is -3.56. The number of nitrogens with zero attached hydrogens (tertiary/aromatic N) is 3. The number of aliphatic imine (C=N–C) groups is 2. The van der Waals surface area contributed by atoms with Gasteiger partial charge >= 0.3 is 0 Å². The van der Waals surface area contributed by atoms with Crippen molar-refractivity contribution in [3.05, 3.63) is 59.2 Å². The normalized spacial score (nSPS) is 24.2. The molecule has 4 aliphatic heterocycles. The van der Waals surface area contributed by atoms with Crippen LogP contribution in [0.5, 0.6) is 0 Å². The van der Waals surface area contributed by atoms with Gasteiger partial charge in [-0.3, -0.25) is 14.9 Å². The molecule has 0 spiro atoms. The summed E-state index contributed by atoms with van der Waals surface area (Å²) in [5, 5.41) is 13.1. The molecule has 210 valence electrons. The van der Waals surface area contributed by atoms with Crippen molar-refractivity contribution >= 4 is 35.4 Å². The Morgan fingerprint density at radius 1 is 1.10 bits per heavy atom. The maximum atomic E-state index is 12.5. The number of anilines is 2. The van der Waals surface area contributed by atoms with Gasteiger partial charge in [0, 0.05) is 56.2 Å². The molecule has 2 aromatic carbocycles. The average molecular weight is 542 g/mol. The smallest absolute Gasteiger partial charge is 0.234 e. The van der Waals surface area contributed by atoms with Crippen LogP contribution in [0.25, 0.3) is 0 Å². The number of guanidine groups is 1. The largest absolute Gasteiger partial charge is 0.342 e. The van der Waals surface area contributed by atoms with Crippen molar-refractivity contribution in [1.82, 2.24) is 15.5 Å². The lowest BCUT2D eigenvalue weighted by Crippen LogP contribution is -2.53. The van der Waals surface area contributed by atoms with E-state index in [4.69, 9.17) is 4.99 Å².